The average Bonchev–Trinajstić information content (AvgIpc) is 2.52. The van der Waals surface area contributed by atoms with Crippen LogP contribution in [0.2, 0.25) is 0 Å². The fourth-order valence-electron chi connectivity index (χ4n) is 2.28. The molecule has 0 aliphatic rings. The molecule has 0 aliphatic carbocycles. The number of nitrogens with one attached hydrogen (secondary N) is 1. The Morgan fingerprint density at radius 3 is 2.41 bits per heavy atom. The zero-order valence-electron chi connectivity index (χ0n) is 11.4. The van der Waals surface area contributed by atoms with E-state index in [9.17, 15) is 14.4 Å². The number of para-hydroxylation sites is 1. The van der Waals surface area contributed by atoms with E-state index in [1.807, 2.05) is 0 Å². The topological polar surface area (TPSA) is 92.2 Å². The highest BCUT2D eigenvalue weighted by molar-refractivity contribution is 5.87. The highest BCUT2D eigenvalue weighted by Crippen LogP contribution is 2.07. The molecule has 22 heavy (non-hydrogen) atoms. The maximum absolute atomic E-state index is 12.4. The maximum atomic E-state index is 12.4. The first-order valence-electron chi connectivity index (χ1n) is 6.60. The first-order valence-corrected chi connectivity index (χ1v) is 6.60. The largest absolute Gasteiger partial charge is 0.478 e. The Balaban J connectivity index is 2.05. The molecule has 1 aromatic heterocycles. The molecule has 3 rings (SSSR count). The molecule has 0 saturated carbocycles. The van der Waals surface area contributed by atoms with Crippen LogP contribution in [0.1, 0.15) is 15.9 Å². The molecule has 2 aromatic carbocycles. The number of carbonyl (C=O) groups is 1. The smallest absolute Gasteiger partial charge is 0.335 e. The van der Waals surface area contributed by atoms with Crippen molar-refractivity contribution in [3.63, 3.8) is 0 Å². The van der Waals surface area contributed by atoms with Gasteiger partial charge >= 0.3 is 11.7 Å². The molecule has 6 heteroatoms. The summed E-state index contributed by atoms with van der Waals surface area (Å²) in [6.45, 7) is 0.0822. The summed E-state index contributed by atoms with van der Waals surface area (Å²) in [4.78, 5) is 37.9. The van der Waals surface area contributed by atoms with Crippen molar-refractivity contribution >= 4 is 16.9 Å². The van der Waals surface area contributed by atoms with E-state index in [1.165, 1.54) is 12.1 Å². The first kappa shape index (κ1) is 13.8. The van der Waals surface area contributed by atoms with Crippen LogP contribution < -0.4 is 11.2 Å². The van der Waals surface area contributed by atoms with Gasteiger partial charge in [-0.25, -0.2) is 9.59 Å². The lowest BCUT2D eigenvalue weighted by atomic mass is 10.1. The summed E-state index contributed by atoms with van der Waals surface area (Å²) in [5, 5.41) is 9.30. The second-order valence-electron chi connectivity index (χ2n) is 4.87. The number of nitrogens with zero attached hydrogens (tertiary/aromatic N) is 1. The van der Waals surface area contributed by atoms with E-state index in [-0.39, 0.29) is 17.7 Å². The van der Waals surface area contributed by atoms with Crippen molar-refractivity contribution < 1.29 is 9.90 Å². The van der Waals surface area contributed by atoms with Gasteiger partial charge in [-0.05, 0) is 29.8 Å². The number of carboxylic acid groups (broad SMARTS) is 1. The molecular weight excluding hydrogens is 284 g/mol. The summed E-state index contributed by atoms with van der Waals surface area (Å²) in [7, 11) is 0. The number of aromatic nitrogens is 2. The molecule has 0 fully saturated rings. The number of hydrogen-bond acceptors (Lipinski definition) is 3. The molecule has 2 N–H and O–H groups in total. The van der Waals surface area contributed by atoms with Gasteiger partial charge in [0.2, 0.25) is 0 Å². The van der Waals surface area contributed by atoms with E-state index in [2.05, 4.69) is 4.98 Å². The van der Waals surface area contributed by atoms with Gasteiger partial charge in [0.15, 0.2) is 0 Å². The normalized spacial score (nSPS) is 10.7. The van der Waals surface area contributed by atoms with Gasteiger partial charge in [-0.15, -0.1) is 0 Å². The summed E-state index contributed by atoms with van der Waals surface area (Å²) in [6, 6.07) is 12.9. The van der Waals surface area contributed by atoms with E-state index < -0.39 is 11.7 Å². The van der Waals surface area contributed by atoms with Crippen molar-refractivity contribution in [1.29, 1.82) is 0 Å². The molecule has 0 bridgehead atoms. The van der Waals surface area contributed by atoms with Crippen LogP contribution in [-0.4, -0.2) is 20.6 Å². The lowest BCUT2D eigenvalue weighted by molar-refractivity contribution is 0.0697. The van der Waals surface area contributed by atoms with Gasteiger partial charge in [-0.1, -0.05) is 24.3 Å². The van der Waals surface area contributed by atoms with Crippen molar-refractivity contribution in [3.8, 4) is 0 Å². The van der Waals surface area contributed by atoms with Crippen LogP contribution in [-0.2, 0) is 6.54 Å². The van der Waals surface area contributed by atoms with Gasteiger partial charge in [-0.2, -0.15) is 0 Å². The molecule has 3 aromatic rings. The van der Waals surface area contributed by atoms with Gasteiger partial charge in [0.05, 0.1) is 23.0 Å². The van der Waals surface area contributed by atoms with Crippen LogP contribution in [0.25, 0.3) is 10.9 Å². The maximum Gasteiger partial charge on any atom is 0.335 e. The number of rotatable bonds is 3. The van der Waals surface area contributed by atoms with Gasteiger partial charge in [0.1, 0.15) is 0 Å². The average molecular weight is 296 g/mol. The lowest BCUT2D eigenvalue weighted by Gasteiger charge is -2.07. The Labute approximate surface area is 124 Å². The van der Waals surface area contributed by atoms with Crippen LogP contribution in [0.5, 0.6) is 0 Å². The monoisotopic (exact) mass is 296 g/mol. The van der Waals surface area contributed by atoms with Crippen LogP contribution in [0.4, 0.5) is 0 Å². The fourth-order valence-corrected chi connectivity index (χ4v) is 2.28. The van der Waals surface area contributed by atoms with Gasteiger partial charge in [0.25, 0.3) is 5.56 Å². The molecule has 110 valence electrons. The highest BCUT2D eigenvalue weighted by atomic mass is 16.4. The third-order valence-electron chi connectivity index (χ3n) is 3.43. The first-order chi connectivity index (χ1) is 10.6. The van der Waals surface area contributed by atoms with Crippen molar-refractivity contribution in [2.24, 2.45) is 0 Å². The molecule has 0 radical (unpaired) electrons. The zero-order chi connectivity index (χ0) is 15.7. The zero-order valence-corrected chi connectivity index (χ0v) is 11.4. The van der Waals surface area contributed by atoms with E-state index in [1.54, 1.807) is 36.4 Å². The fraction of sp³-hybridized carbons (Fsp3) is 0.0625. The Hall–Kier alpha value is -3.15. The van der Waals surface area contributed by atoms with Crippen molar-refractivity contribution in [2.45, 2.75) is 6.54 Å². The third kappa shape index (κ3) is 2.42. The summed E-state index contributed by atoms with van der Waals surface area (Å²) >= 11 is 0. The number of aromatic carboxylic acids is 1. The Morgan fingerprint density at radius 1 is 1.05 bits per heavy atom. The van der Waals surface area contributed by atoms with Gasteiger partial charge in [0, 0.05) is 0 Å². The van der Waals surface area contributed by atoms with Crippen LogP contribution in [0.3, 0.4) is 0 Å². The number of carboxylic acids is 1. The Bertz CT molecular complexity index is 968. The minimum Gasteiger partial charge on any atom is -0.478 e. The highest BCUT2D eigenvalue weighted by Gasteiger charge is 2.08. The Morgan fingerprint density at radius 2 is 1.73 bits per heavy atom. The van der Waals surface area contributed by atoms with Crippen molar-refractivity contribution in [1.82, 2.24) is 9.55 Å². The lowest BCUT2D eigenvalue weighted by Crippen LogP contribution is -2.35. The SMILES string of the molecule is O=C(O)c1ccc(Cn2c(=O)[nH]c3ccccc3c2=O)cc1. The van der Waals surface area contributed by atoms with Crippen LogP contribution in [0.15, 0.2) is 58.1 Å². The molecular formula is C16H12N2O4. The van der Waals surface area contributed by atoms with Crippen LogP contribution in [0, 0.1) is 0 Å². The minimum atomic E-state index is -1.02. The van der Waals surface area contributed by atoms with E-state index in [0.717, 1.165) is 4.57 Å². The van der Waals surface area contributed by atoms with Gasteiger partial charge in [-0.3, -0.25) is 9.36 Å². The molecule has 0 amide bonds. The molecule has 1 heterocycles. The number of aromatic amines is 1. The summed E-state index contributed by atoms with van der Waals surface area (Å²) in [6.07, 6.45) is 0. The number of benzene rings is 2. The van der Waals surface area contributed by atoms with Crippen molar-refractivity contribution in [3.05, 3.63) is 80.5 Å². The summed E-state index contributed by atoms with van der Waals surface area (Å²) in [5.41, 5.74) is 0.457. The van der Waals surface area contributed by atoms with E-state index >= 15 is 0 Å². The molecule has 0 atom stereocenters. The number of hydrogen-bond donors (Lipinski definition) is 2. The standard InChI is InChI=1S/C16H12N2O4/c19-14-12-3-1-2-4-13(12)17-16(22)18(14)9-10-5-7-11(8-6-10)15(20)21/h1-8H,9H2,(H,17,22)(H,20,21). The second-order valence-corrected chi connectivity index (χ2v) is 4.87. The molecule has 6 nitrogen and oxygen atoms in total. The van der Waals surface area contributed by atoms with Gasteiger partial charge < -0.3 is 10.1 Å². The quantitative estimate of drug-likeness (QED) is 0.765. The molecule has 0 unspecified atom stereocenters. The molecule has 0 spiro atoms. The predicted molar refractivity (Wildman–Crippen MR) is 81.3 cm³/mol. The summed E-state index contributed by atoms with van der Waals surface area (Å²) < 4.78 is 1.10. The van der Waals surface area contributed by atoms with E-state index in [0.29, 0.717) is 16.5 Å². The summed E-state index contributed by atoms with van der Waals surface area (Å²) in [5.74, 6) is -1.02. The Kier molecular flexibility index (Phi) is 3.34. The minimum absolute atomic E-state index is 0.0822. The van der Waals surface area contributed by atoms with E-state index in [4.69, 9.17) is 5.11 Å². The van der Waals surface area contributed by atoms with Crippen molar-refractivity contribution in [2.75, 3.05) is 0 Å². The number of fused-ring (bicyclic) bond motifs is 1. The second kappa shape index (κ2) is 5.33. The third-order valence-corrected chi connectivity index (χ3v) is 3.43. The molecule has 0 aliphatic heterocycles. The predicted octanol–water partition coefficient (Wildman–Crippen LogP) is 1.44. The number of H-pyrrole nitrogens is 1. The molecule has 0 saturated heterocycles. The van der Waals surface area contributed by atoms with Crippen LogP contribution >= 0.6 is 0 Å².